The minimum Gasteiger partial charge on any atom is -0.174 e. The van der Waals surface area contributed by atoms with Gasteiger partial charge in [-0.1, -0.05) is 17.7 Å². The Kier molecular flexibility index (Phi) is 2.31. The van der Waals surface area contributed by atoms with E-state index in [4.69, 9.17) is 11.6 Å². The predicted octanol–water partition coefficient (Wildman–Crippen LogP) is 3.98. The Morgan fingerprint density at radius 1 is 1.42 bits per heavy atom. The van der Waals surface area contributed by atoms with Gasteiger partial charge >= 0.3 is 0 Å². The van der Waals surface area contributed by atoms with Crippen molar-refractivity contribution in [2.24, 2.45) is 0 Å². The number of fused-ring (bicyclic) bond motifs is 1. The van der Waals surface area contributed by atoms with Crippen LogP contribution >= 0.6 is 35.6 Å². The van der Waals surface area contributed by atoms with Crippen molar-refractivity contribution in [3.8, 4) is 0 Å². The maximum atomic E-state index is 6.06. The summed E-state index contributed by atoms with van der Waals surface area (Å²) in [6.45, 7) is 0. The Morgan fingerprint density at radius 2 is 2.25 bits per heavy atom. The number of hydrogen-bond acceptors (Lipinski definition) is 2. The van der Waals surface area contributed by atoms with Gasteiger partial charge in [-0.25, -0.2) is 0 Å². The highest BCUT2D eigenvalue weighted by atomic mass is 35.5. The molecular formula is C9H7ClS2. The summed E-state index contributed by atoms with van der Waals surface area (Å²) in [6.07, 6.45) is 0. The van der Waals surface area contributed by atoms with Crippen LogP contribution in [0.2, 0.25) is 5.02 Å². The SMILES string of the molecule is SCc1csc2cccc(Cl)c12. The molecule has 2 rings (SSSR count). The van der Waals surface area contributed by atoms with E-state index in [1.807, 2.05) is 12.1 Å². The van der Waals surface area contributed by atoms with Crippen molar-refractivity contribution in [2.45, 2.75) is 5.75 Å². The number of benzene rings is 1. The van der Waals surface area contributed by atoms with E-state index >= 15 is 0 Å². The molecule has 0 radical (unpaired) electrons. The minimum atomic E-state index is 0.754. The average Bonchev–Trinajstić information content (AvgIpc) is 2.49. The Balaban J connectivity index is 2.83. The lowest BCUT2D eigenvalue weighted by Crippen LogP contribution is -1.73. The highest BCUT2D eigenvalue weighted by molar-refractivity contribution is 7.79. The van der Waals surface area contributed by atoms with Gasteiger partial charge in [0.05, 0.1) is 0 Å². The predicted molar refractivity (Wildman–Crippen MR) is 59.5 cm³/mol. The molecule has 3 heteroatoms. The van der Waals surface area contributed by atoms with Crippen LogP contribution in [-0.4, -0.2) is 0 Å². The largest absolute Gasteiger partial charge is 0.174 e. The van der Waals surface area contributed by atoms with E-state index in [-0.39, 0.29) is 0 Å². The van der Waals surface area contributed by atoms with Crippen molar-refractivity contribution in [3.05, 3.63) is 34.2 Å². The highest BCUT2D eigenvalue weighted by Gasteiger charge is 2.04. The van der Waals surface area contributed by atoms with Gasteiger partial charge in [0.2, 0.25) is 0 Å². The summed E-state index contributed by atoms with van der Waals surface area (Å²) in [6, 6.07) is 5.98. The Morgan fingerprint density at radius 3 is 3.00 bits per heavy atom. The van der Waals surface area contributed by atoms with E-state index in [1.54, 1.807) is 11.3 Å². The van der Waals surface area contributed by atoms with Gasteiger partial charge in [-0.05, 0) is 23.1 Å². The molecule has 0 atom stereocenters. The lowest BCUT2D eigenvalue weighted by Gasteiger charge is -1.95. The number of thiophene rings is 1. The molecule has 0 bridgehead atoms. The second-order valence-electron chi connectivity index (χ2n) is 2.53. The van der Waals surface area contributed by atoms with Crippen LogP contribution in [-0.2, 0) is 5.75 Å². The summed E-state index contributed by atoms with van der Waals surface area (Å²) in [5, 5.41) is 4.11. The number of halogens is 1. The summed E-state index contributed by atoms with van der Waals surface area (Å²) >= 11 is 12.0. The Hall–Kier alpha value is -0.180. The Bertz CT molecular complexity index is 406. The van der Waals surface area contributed by atoms with E-state index in [1.165, 1.54) is 15.6 Å². The van der Waals surface area contributed by atoms with Gasteiger partial charge in [0.1, 0.15) is 0 Å². The summed E-state index contributed by atoms with van der Waals surface area (Å²) in [4.78, 5) is 0. The smallest absolute Gasteiger partial charge is 0.0495 e. The molecule has 0 spiro atoms. The first-order valence-electron chi connectivity index (χ1n) is 3.58. The van der Waals surface area contributed by atoms with Gasteiger partial charge in [-0.15, -0.1) is 11.3 Å². The van der Waals surface area contributed by atoms with Crippen LogP contribution in [0.15, 0.2) is 23.6 Å². The summed E-state index contributed by atoms with van der Waals surface area (Å²) in [5.41, 5.74) is 1.23. The van der Waals surface area contributed by atoms with Crippen LogP contribution in [0.3, 0.4) is 0 Å². The second-order valence-corrected chi connectivity index (χ2v) is 4.17. The van der Waals surface area contributed by atoms with Gasteiger partial charge in [-0.3, -0.25) is 0 Å². The van der Waals surface area contributed by atoms with Gasteiger partial charge < -0.3 is 0 Å². The molecule has 0 saturated heterocycles. The molecule has 0 unspecified atom stereocenters. The van der Waals surface area contributed by atoms with E-state index in [9.17, 15) is 0 Å². The van der Waals surface area contributed by atoms with Gasteiger partial charge in [0.15, 0.2) is 0 Å². The third-order valence-electron chi connectivity index (χ3n) is 1.79. The van der Waals surface area contributed by atoms with Crippen molar-refractivity contribution in [1.82, 2.24) is 0 Å². The van der Waals surface area contributed by atoms with Gasteiger partial charge in [0, 0.05) is 20.9 Å². The van der Waals surface area contributed by atoms with Crippen molar-refractivity contribution in [2.75, 3.05) is 0 Å². The molecule has 0 aliphatic rings. The zero-order valence-electron chi connectivity index (χ0n) is 6.25. The first kappa shape index (κ1) is 8.42. The number of rotatable bonds is 1. The second kappa shape index (κ2) is 3.29. The molecular weight excluding hydrogens is 208 g/mol. The molecule has 0 saturated carbocycles. The van der Waals surface area contributed by atoms with Crippen LogP contribution in [0.5, 0.6) is 0 Å². The average molecular weight is 215 g/mol. The third-order valence-corrected chi connectivity index (χ3v) is 3.45. The fourth-order valence-electron chi connectivity index (χ4n) is 1.22. The van der Waals surface area contributed by atoms with Crippen molar-refractivity contribution >= 4 is 45.7 Å². The standard InChI is InChI=1S/C9H7ClS2/c10-7-2-1-3-8-9(7)6(4-11)5-12-8/h1-3,5,11H,4H2. The highest BCUT2D eigenvalue weighted by Crippen LogP contribution is 2.32. The van der Waals surface area contributed by atoms with Crippen LogP contribution < -0.4 is 0 Å². The van der Waals surface area contributed by atoms with E-state index in [0.29, 0.717) is 0 Å². The topological polar surface area (TPSA) is 0 Å². The number of hydrogen-bond donors (Lipinski definition) is 1. The van der Waals surface area contributed by atoms with Gasteiger partial charge in [-0.2, -0.15) is 12.6 Å². The number of thiol groups is 1. The van der Waals surface area contributed by atoms with Crippen LogP contribution in [0.4, 0.5) is 0 Å². The summed E-state index contributed by atoms with van der Waals surface area (Å²) < 4.78 is 1.24. The first-order chi connectivity index (χ1) is 5.83. The molecule has 0 aliphatic carbocycles. The lowest BCUT2D eigenvalue weighted by atomic mass is 10.2. The molecule has 62 valence electrons. The van der Waals surface area contributed by atoms with Crippen LogP contribution in [0.1, 0.15) is 5.56 Å². The monoisotopic (exact) mass is 214 g/mol. The minimum absolute atomic E-state index is 0.754. The van der Waals surface area contributed by atoms with Gasteiger partial charge in [0.25, 0.3) is 0 Å². The quantitative estimate of drug-likeness (QED) is 0.682. The van der Waals surface area contributed by atoms with Crippen molar-refractivity contribution in [1.29, 1.82) is 0 Å². The third kappa shape index (κ3) is 1.24. The zero-order chi connectivity index (χ0) is 8.55. The summed E-state index contributed by atoms with van der Waals surface area (Å²) in [7, 11) is 0. The Labute approximate surface area is 85.6 Å². The molecule has 2 aromatic rings. The summed E-state index contributed by atoms with van der Waals surface area (Å²) in [5.74, 6) is 0.754. The molecule has 0 N–H and O–H groups in total. The molecule has 0 amide bonds. The van der Waals surface area contributed by atoms with Crippen LogP contribution in [0.25, 0.3) is 10.1 Å². The normalized spacial score (nSPS) is 10.8. The molecule has 0 nitrogen and oxygen atoms in total. The van der Waals surface area contributed by atoms with Crippen molar-refractivity contribution < 1.29 is 0 Å². The molecule has 1 heterocycles. The fourth-order valence-corrected chi connectivity index (χ4v) is 2.94. The van der Waals surface area contributed by atoms with Crippen molar-refractivity contribution in [3.63, 3.8) is 0 Å². The lowest BCUT2D eigenvalue weighted by molar-refractivity contribution is 1.53. The molecule has 1 aromatic carbocycles. The maximum Gasteiger partial charge on any atom is 0.0495 e. The molecule has 1 aromatic heterocycles. The van der Waals surface area contributed by atoms with E-state index in [0.717, 1.165) is 10.8 Å². The maximum absolute atomic E-state index is 6.06. The molecule has 12 heavy (non-hydrogen) atoms. The van der Waals surface area contributed by atoms with E-state index in [2.05, 4.69) is 24.1 Å². The van der Waals surface area contributed by atoms with E-state index < -0.39 is 0 Å². The molecule has 0 fully saturated rings. The zero-order valence-corrected chi connectivity index (χ0v) is 8.72. The van der Waals surface area contributed by atoms with Crippen LogP contribution in [0, 0.1) is 0 Å². The first-order valence-corrected chi connectivity index (χ1v) is 5.47. The molecule has 0 aliphatic heterocycles. The fraction of sp³-hybridized carbons (Fsp3) is 0.111.